The van der Waals surface area contributed by atoms with Crippen LogP contribution in [-0.4, -0.2) is 25.1 Å². The minimum absolute atomic E-state index is 0.0754. The van der Waals surface area contributed by atoms with Crippen LogP contribution in [0.4, 0.5) is 5.69 Å². The lowest BCUT2D eigenvalue weighted by Crippen LogP contribution is -2.15. The highest BCUT2D eigenvalue weighted by Crippen LogP contribution is 2.35. The third kappa shape index (κ3) is 5.37. The maximum absolute atomic E-state index is 11.4. The summed E-state index contributed by atoms with van der Waals surface area (Å²) in [7, 11) is 3.72. The second-order valence-corrected chi connectivity index (χ2v) is 7.26. The van der Waals surface area contributed by atoms with E-state index in [2.05, 4.69) is 60.8 Å². The van der Waals surface area contributed by atoms with Crippen molar-refractivity contribution >= 4 is 22.7 Å². The number of hydroxylamine groups is 2. The third-order valence-electron chi connectivity index (χ3n) is 4.70. The number of nitrogens with zero attached hydrogens (tertiary/aromatic N) is 1. The Morgan fingerprint density at radius 3 is 1.90 bits per heavy atom. The van der Waals surface area contributed by atoms with Crippen molar-refractivity contribution in [3.05, 3.63) is 95.6 Å². The summed E-state index contributed by atoms with van der Waals surface area (Å²) in [6.07, 6.45) is 0.892. The van der Waals surface area contributed by atoms with Crippen molar-refractivity contribution in [2.75, 3.05) is 19.4 Å². The fourth-order valence-corrected chi connectivity index (χ4v) is 3.50. The molecule has 1 amide bonds. The van der Waals surface area contributed by atoms with E-state index in [1.54, 1.807) is 5.06 Å². The van der Waals surface area contributed by atoms with E-state index >= 15 is 0 Å². The van der Waals surface area contributed by atoms with Crippen molar-refractivity contribution in [3.8, 4) is 5.75 Å². The maximum Gasteiger partial charge on any atom is 0.221 e. The highest BCUT2D eigenvalue weighted by atomic mass is 16.7. The van der Waals surface area contributed by atoms with Gasteiger partial charge in [-0.1, -0.05) is 61.5 Å². The van der Waals surface area contributed by atoms with Gasteiger partial charge in [0.2, 0.25) is 5.91 Å². The molecule has 0 saturated heterocycles. The quantitative estimate of drug-likeness (QED) is 0.398. The van der Waals surface area contributed by atoms with Crippen molar-refractivity contribution in [2.45, 2.75) is 20.3 Å². The molecule has 0 bridgehead atoms. The summed E-state index contributed by atoms with van der Waals surface area (Å²) >= 11 is 0. The average Bonchev–Trinajstić information content (AvgIpc) is 2.73. The Morgan fingerprint density at radius 1 is 0.833 bits per heavy atom. The van der Waals surface area contributed by atoms with Crippen molar-refractivity contribution in [1.29, 1.82) is 0 Å². The van der Waals surface area contributed by atoms with Gasteiger partial charge in [-0.2, -0.15) is 5.06 Å². The van der Waals surface area contributed by atoms with Gasteiger partial charge in [-0.15, -0.1) is 0 Å². The lowest BCUT2D eigenvalue weighted by molar-refractivity contribution is -0.114. The number of allylic oxidation sites excluding steroid dienone is 1. The molecule has 0 unspecified atom stereocenters. The van der Waals surface area contributed by atoms with Crippen LogP contribution in [0, 0.1) is 0 Å². The fraction of sp³-hybridized carbons (Fsp3) is 0.192. The van der Waals surface area contributed by atoms with Gasteiger partial charge < -0.3 is 10.2 Å². The lowest BCUT2D eigenvalue weighted by atomic mass is 9.88. The van der Waals surface area contributed by atoms with Crippen molar-refractivity contribution < 1.29 is 9.63 Å². The molecule has 3 aromatic rings. The molecule has 0 aliphatic rings. The molecular weight excluding hydrogens is 372 g/mol. The molecule has 0 spiro atoms. The van der Waals surface area contributed by atoms with Gasteiger partial charge in [0.15, 0.2) is 0 Å². The monoisotopic (exact) mass is 400 g/mol. The average molecular weight is 401 g/mol. The van der Waals surface area contributed by atoms with Crippen molar-refractivity contribution in [2.24, 2.45) is 0 Å². The number of benzene rings is 3. The Kier molecular flexibility index (Phi) is 7.04. The molecule has 0 saturated carbocycles. The molecule has 0 atom stereocenters. The lowest BCUT2D eigenvalue weighted by Gasteiger charge is -2.18. The molecule has 0 aromatic heterocycles. The SMILES string of the molecule is CC/C(=C(\c1ccc(NC(C)=O)cc1)c1ccc(ON(C)C)cc1)c1ccccc1. The Balaban J connectivity index is 2.11. The topological polar surface area (TPSA) is 41.6 Å². The van der Waals surface area contributed by atoms with Crippen LogP contribution in [0.3, 0.4) is 0 Å². The number of hydrogen-bond acceptors (Lipinski definition) is 3. The molecule has 1 N–H and O–H groups in total. The Bertz CT molecular complexity index is 1010. The Morgan fingerprint density at radius 2 is 1.40 bits per heavy atom. The van der Waals surface area contributed by atoms with E-state index in [-0.39, 0.29) is 5.91 Å². The van der Waals surface area contributed by atoms with Crippen LogP contribution in [0.5, 0.6) is 5.75 Å². The van der Waals surface area contributed by atoms with Gasteiger partial charge in [0.25, 0.3) is 0 Å². The zero-order valence-corrected chi connectivity index (χ0v) is 18.0. The number of carbonyl (C=O) groups excluding carboxylic acids is 1. The van der Waals surface area contributed by atoms with Gasteiger partial charge >= 0.3 is 0 Å². The van der Waals surface area contributed by atoms with E-state index in [1.165, 1.54) is 23.6 Å². The van der Waals surface area contributed by atoms with Crippen LogP contribution < -0.4 is 10.2 Å². The largest absolute Gasteiger partial charge is 0.407 e. The summed E-state index contributed by atoms with van der Waals surface area (Å²) in [5.41, 5.74) is 6.66. The highest BCUT2D eigenvalue weighted by Gasteiger charge is 2.13. The number of hydrogen-bond donors (Lipinski definition) is 1. The van der Waals surface area contributed by atoms with Crippen LogP contribution in [0.15, 0.2) is 78.9 Å². The van der Waals surface area contributed by atoms with Crippen LogP contribution in [0.2, 0.25) is 0 Å². The minimum Gasteiger partial charge on any atom is -0.407 e. The van der Waals surface area contributed by atoms with E-state index in [4.69, 9.17) is 4.84 Å². The van der Waals surface area contributed by atoms with Crippen molar-refractivity contribution in [3.63, 3.8) is 0 Å². The first-order valence-electron chi connectivity index (χ1n) is 10.1. The third-order valence-corrected chi connectivity index (χ3v) is 4.70. The number of nitrogens with one attached hydrogen (secondary N) is 1. The van der Waals surface area contributed by atoms with Gasteiger partial charge in [-0.3, -0.25) is 4.79 Å². The van der Waals surface area contributed by atoms with Crippen molar-refractivity contribution in [1.82, 2.24) is 5.06 Å². The fourth-order valence-electron chi connectivity index (χ4n) is 3.50. The van der Waals surface area contributed by atoms with E-state index in [0.717, 1.165) is 29.0 Å². The molecule has 0 radical (unpaired) electrons. The Labute approximate surface area is 178 Å². The summed E-state index contributed by atoms with van der Waals surface area (Å²) < 4.78 is 0. The van der Waals surface area contributed by atoms with Crippen LogP contribution in [0.25, 0.3) is 11.1 Å². The van der Waals surface area contributed by atoms with Gasteiger partial charge in [-0.25, -0.2) is 0 Å². The molecule has 0 aliphatic heterocycles. The molecule has 0 aliphatic carbocycles. The number of rotatable bonds is 7. The van der Waals surface area contributed by atoms with E-state index in [0.29, 0.717) is 0 Å². The van der Waals surface area contributed by atoms with Crippen LogP contribution in [0.1, 0.15) is 37.0 Å². The Hall–Kier alpha value is -3.37. The first-order valence-corrected chi connectivity index (χ1v) is 10.1. The molecule has 30 heavy (non-hydrogen) atoms. The van der Waals surface area contributed by atoms with Gasteiger partial charge in [0, 0.05) is 26.7 Å². The normalized spacial score (nSPS) is 11.8. The zero-order chi connectivity index (χ0) is 21.5. The molecule has 154 valence electrons. The molecule has 4 heteroatoms. The molecule has 3 aromatic carbocycles. The summed E-state index contributed by atoms with van der Waals surface area (Å²) in [5.74, 6) is 0.718. The molecule has 4 nitrogen and oxygen atoms in total. The number of amides is 1. The van der Waals surface area contributed by atoms with E-state index in [9.17, 15) is 4.79 Å². The van der Waals surface area contributed by atoms with Gasteiger partial charge in [-0.05, 0) is 58.5 Å². The summed E-state index contributed by atoms with van der Waals surface area (Å²) in [6.45, 7) is 3.69. The molecular formula is C26H28N2O2. The van der Waals surface area contributed by atoms with Gasteiger partial charge in [0.1, 0.15) is 5.75 Å². The zero-order valence-electron chi connectivity index (χ0n) is 18.0. The van der Waals surface area contributed by atoms with Gasteiger partial charge in [0.05, 0.1) is 0 Å². The first kappa shape index (κ1) is 21.3. The van der Waals surface area contributed by atoms with E-state index < -0.39 is 0 Å². The predicted molar refractivity (Wildman–Crippen MR) is 124 cm³/mol. The standard InChI is InChI=1S/C26H28N2O2/c1-5-25(20-9-7-6-8-10-20)26(21-11-15-23(16-12-21)27-19(2)29)22-13-17-24(18-14-22)30-28(3)4/h6-18H,5H2,1-4H3,(H,27,29)/b26-25-. The predicted octanol–water partition coefficient (Wildman–Crippen LogP) is 5.87. The second-order valence-electron chi connectivity index (χ2n) is 7.26. The molecule has 3 rings (SSSR count). The summed E-state index contributed by atoms with van der Waals surface area (Å²) in [4.78, 5) is 17.0. The molecule has 0 fully saturated rings. The van der Waals surface area contributed by atoms with Crippen LogP contribution >= 0.6 is 0 Å². The number of anilines is 1. The first-order chi connectivity index (χ1) is 14.5. The smallest absolute Gasteiger partial charge is 0.221 e. The molecule has 0 heterocycles. The minimum atomic E-state index is -0.0754. The second kappa shape index (κ2) is 9.90. The van der Waals surface area contributed by atoms with E-state index in [1.807, 2.05) is 44.4 Å². The summed E-state index contributed by atoms with van der Waals surface area (Å²) in [6, 6.07) is 26.6. The highest BCUT2D eigenvalue weighted by molar-refractivity contribution is 5.99. The summed E-state index contributed by atoms with van der Waals surface area (Å²) in [5, 5.41) is 4.51. The van der Waals surface area contributed by atoms with Crippen LogP contribution in [-0.2, 0) is 4.79 Å². The number of carbonyl (C=O) groups is 1. The maximum atomic E-state index is 11.4.